The van der Waals surface area contributed by atoms with Gasteiger partial charge in [-0.15, -0.1) is 0 Å². The van der Waals surface area contributed by atoms with Crippen LogP contribution in [0.3, 0.4) is 0 Å². The van der Waals surface area contributed by atoms with Gasteiger partial charge in [0.25, 0.3) is 0 Å². The summed E-state index contributed by atoms with van der Waals surface area (Å²) in [5, 5.41) is 0.835. The molecule has 2 aliphatic rings. The van der Waals surface area contributed by atoms with Gasteiger partial charge in [-0.3, -0.25) is 14.6 Å². The molecule has 0 spiro atoms. The summed E-state index contributed by atoms with van der Waals surface area (Å²) < 4.78 is 11.7. The number of nitrogens with zero attached hydrogens (tertiary/aromatic N) is 3. The third-order valence-corrected chi connectivity index (χ3v) is 7.66. The van der Waals surface area contributed by atoms with Crippen molar-refractivity contribution in [2.45, 2.75) is 26.0 Å². The lowest BCUT2D eigenvalue weighted by atomic mass is 9.98. The number of amides is 1. The fraction of sp³-hybridized carbons (Fsp3) is 0.312. The second-order valence-electron chi connectivity index (χ2n) is 10.3. The van der Waals surface area contributed by atoms with E-state index in [2.05, 4.69) is 34.1 Å². The fourth-order valence-electron chi connectivity index (χ4n) is 5.59. The van der Waals surface area contributed by atoms with Crippen molar-refractivity contribution in [2.24, 2.45) is 0 Å². The summed E-state index contributed by atoms with van der Waals surface area (Å²) in [5.74, 6) is 0.662. The van der Waals surface area contributed by atoms with Crippen LogP contribution in [0, 0.1) is 0 Å². The summed E-state index contributed by atoms with van der Waals surface area (Å²) in [4.78, 5) is 32.8. The zero-order chi connectivity index (χ0) is 26.6. The second-order valence-corrected chi connectivity index (χ2v) is 10.3. The van der Waals surface area contributed by atoms with Crippen molar-refractivity contribution in [1.29, 1.82) is 0 Å². The molecule has 2 aliphatic heterocycles. The minimum atomic E-state index is -0.448. The van der Waals surface area contributed by atoms with Gasteiger partial charge in [0.15, 0.2) is 0 Å². The molecular weight excluding hydrogens is 490 g/mol. The SMILES string of the molecule is O=C(CN1CCN(Cc2ccccc2)CC1)N1CCCc2c1c(=O)oc1ccc(OCc3ccccc3)cc21. The smallest absolute Gasteiger partial charge is 0.360 e. The lowest BCUT2D eigenvalue weighted by Crippen LogP contribution is -2.51. The maximum Gasteiger partial charge on any atom is 0.360 e. The van der Waals surface area contributed by atoms with Crippen LogP contribution >= 0.6 is 0 Å². The molecule has 39 heavy (non-hydrogen) atoms. The number of hydrogen-bond donors (Lipinski definition) is 0. The van der Waals surface area contributed by atoms with Gasteiger partial charge in [0.2, 0.25) is 5.91 Å². The summed E-state index contributed by atoms with van der Waals surface area (Å²) in [5.41, 5.74) is 3.72. The van der Waals surface area contributed by atoms with Crippen molar-refractivity contribution >= 4 is 22.6 Å². The molecule has 0 atom stereocenters. The second kappa shape index (κ2) is 11.4. The Balaban J connectivity index is 1.15. The van der Waals surface area contributed by atoms with Crippen LogP contribution in [-0.4, -0.2) is 55.0 Å². The van der Waals surface area contributed by atoms with Crippen LogP contribution in [0.5, 0.6) is 5.75 Å². The normalized spacial score (nSPS) is 16.3. The molecule has 0 unspecified atom stereocenters. The molecular formula is C32H33N3O4. The Hall–Kier alpha value is -3.94. The Morgan fingerprint density at radius 2 is 1.51 bits per heavy atom. The highest BCUT2D eigenvalue weighted by atomic mass is 16.5. The fourth-order valence-corrected chi connectivity index (χ4v) is 5.59. The maximum absolute atomic E-state index is 13.5. The molecule has 1 aromatic heterocycles. The largest absolute Gasteiger partial charge is 0.489 e. The van der Waals surface area contributed by atoms with Crippen LogP contribution in [-0.2, 0) is 24.4 Å². The molecule has 0 N–H and O–H groups in total. The van der Waals surface area contributed by atoms with Crippen molar-refractivity contribution in [2.75, 3.05) is 44.2 Å². The summed E-state index contributed by atoms with van der Waals surface area (Å²) in [6, 6.07) is 26.0. The molecule has 1 fully saturated rings. The van der Waals surface area contributed by atoms with Crippen LogP contribution in [0.2, 0.25) is 0 Å². The number of benzene rings is 3. The van der Waals surface area contributed by atoms with Gasteiger partial charge in [-0.2, -0.15) is 0 Å². The van der Waals surface area contributed by atoms with Gasteiger partial charge in [0.1, 0.15) is 23.6 Å². The first-order chi connectivity index (χ1) is 19.1. The topological polar surface area (TPSA) is 66.2 Å². The van der Waals surface area contributed by atoms with E-state index < -0.39 is 5.63 Å². The molecule has 0 bridgehead atoms. The molecule has 1 saturated heterocycles. The van der Waals surface area contributed by atoms with Gasteiger partial charge in [-0.25, -0.2) is 4.79 Å². The summed E-state index contributed by atoms with van der Waals surface area (Å²) in [6.45, 7) is 5.69. The average Bonchev–Trinajstić information content (AvgIpc) is 2.98. The van der Waals surface area contributed by atoms with Crippen LogP contribution in [0.15, 0.2) is 88.1 Å². The summed E-state index contributed by atoms with van der Waals surface area (Å²) in [6.07, 6.45) is 1.53. The van der Waals surface area contributed by atoms with Gasteiger partial charge in [0, 0.05) is 44.7 Å². The highest BCUT2D eigenvalue weighted by Crippen LogP contribution is 2.33. The molecule has 1 amide bonds. The van der Waals surface area contributed by atoms with Crippen molar-refractivity contribution in [1.82, 2.24) is 9.80 Å². The standard InChI is InChI=1S/C32H33N3O4/c36-30(22-34-18-16-33(17-19-34)21-24-8-3-1-4-9-24)35-15-7-12-27-28-20-26(38-23-25-10-5-2-6-11-25)13-14-29(28)39-32(37)31(27)35/h1-6,8-11,13-14,20H,7,12,15-19,21-23H2. The molecule has 0 saturated carbocycles. The molecule has 3 heterocycles. The molecule has 3 aromatic carbocycles. The Labute approximate surface area is 228 Å². The predicted octanol–water partition coefficient (Wildman–Crippen LogP) is 4.47. The van der Waals surface area contributed by atoms with E-state index in [1.54, 1.807) is 11.0 Å². The molecule has 200 valence electrons. The Morgan fingerprint density at radius 3 is 2.26 bits per heavy atom. The first-order valence-electron chi connectivity index (χ1n) is 13.7. The van der Waals surface area contributed by atoms with Crippen molar-refractivity contribution in [3.05, 3.63) is 106 Å². The molecule has 7 heteroatoms. The Morgan fingerprint density at radius 1 is 0.821 bits per heavy atom. The van der Waals surface area contributed by atoms with E-state index in [0.29, 0.717) is 36.7 Å². The lowest BCUT2D eigenvalue weighted by Gasteiger charge is -2.36. The average molecular weight is 524 g/mol. The van der Waals surface area contributed by atoms with E-state index in [1.807, 2.05) is 48.5 Å². The van der Waals surface area contributed by atoms with E-state index in [9.17, 15) is 9.59 Å². The van der Waals surface area contributed by atoms with Crippen molar-refractivity contribution in [3.8, 4) is 5.75 Å². The first kappa shape index (κ1) is 25.3. The van der Waals surface area contributed by atoms with Crippen LogP contribution in [0.4, 0.5) is 5.69 Å². The van der Waals surface area contributed by atoms with E-state index >= 15 is 0 Å². The highest BCUT2D eigenvalue weighted by Gasteiger charge is 2.30. The minimum Gasteiger partial charge on any atom is -0.489 e. The number of hydrogen-bond acceptors (Lipinski definition) is 6. The van der Waals surface area contributed by atoms with Crippen molar-refractivity contribution < 1.29 is 13.9 Å². The molecule has 0 radical (unpaired) electrons. The third-order valence-electron chi connectivity index (χ3n) is 7.66. The minimum absolute atomic E-state index is 0.0457. The van der Waals surface area contributed by atoms with E-state index in [1.165, 1.54) is 5.56 Å². The van der Waals surface area contributed by atoms with E-state index in [-0.39, 0.29) is 5.91 Å². The lowest BCUT2D eigenvalue weighted by molar-refractivity contribution is -0.120. The number of aryl methyl sites for hydroxylation is 1. The van der Waals surface area contributed by atoms with Crippen LogP contribution in [0.1, 0.15) is 23.1 Å². The Bertz CT molecular complexity index is 1490. The third kappa shape index (κ3) is 5.75. The Kier molecular flexibility index (Phi) is 7.43. The first-order valence-corrected chi connectivity index (χ1v) is 13.7. The van der Waals surface area contributed by atoms with E-state index in [4.69, 9.17) is 9.15 Å². The molecule has 7 nitrogen and oxygen atoms in total. The van der Waals surface area contributed by atoms with Gasteiger partial charge < -0.3 is 14.1 Å². The number of fused-ring (bicyclic) bond motifs is 3. The van der Waals surface area contributed by atoms with Gasteiger partial charge >= 0.3 is 5.63 Å². The van der Waals surface area contributed by atoms with E-state index in [0.717, 1.165) is 62.1 Å². The number of anilines is 1. The molecule has 6 rings (SSSR count). The molecule has 0 aliphatic carbocycles. The van der Waals surface area contributed by atoms with Crippen LogP contribution < -0.4 is 15.3 Å². The predicted molar refractivity (Wildman–Crippen MR) is 152 cm³/mol. The number of ether oxygens (including phenoxy) is 1. The summed E-state index contributed by atoms with van der Waals surface area (Å²) in [7, 11) is 0. The van der Waals surface area contributed by atoms with Crippen molar-refractivity contribution in [3.63, 3.8) is 0 Å². The quantitative estimate of drug-likeness (QED) is 0.333. The zero-order valence-electron chi connectivity index (χ0n) is 22.1. The highest BCUT2D eigenvalue weighted by molar-refractivity contribution is 5.98. The maximum atomic E-state index is 13.5. The van der Waals surface area contributed by atoms with Gasteiger partial charge in [0.05, 0.1) is 6.54 Å². The van der Waals surface area contributed by atoms with Gasteiger partial charge in [-0.1, -0.05) is 60.7 Å². The zero-order valence-corrected chi connectivity index (χ0v) is 22.1. The summed E-state index contributed by atoms with van der Waals surface area (Å²) >= 11 is 0. The number of piperazine rings is 1. The number of carbonyl (C=O) groups is 1. The number of rotatable bonds is 7. The van der Waals surface area contributed by atoms with Gasteiger partial charge in [-0.05, 0) is 47.7 Å². The number of carbonyl (C=O) groups excluding carboxylic acids is 1. The monoisotopic (exact) mass is 523 g/mol. The van der Waals surface area contributed by atoms with Crippen LogP contribution in [0.25, 0.3) is 11.0 Å². The molecule has 4 aromatic rings.